The highest BCUT2D eigenvalue weighted by Crippen LogP contribution is 2.23. The van der Waals surface area contributed by atoms with E-state index in [4.69, 9.17) is 9.88 Å². The van der Waals surface area contributed by atoms with Crippen molar-refractivity contribution in [3.05, 3.63) is 29.6 Å². The average Bonchev–Trinajstić information content (AvgIpc) is 2.45. The van der Waals surface area contributed by atoms with Gasteiger partial charge in [0.25, 0.3) is 16.1 Å². The largest absolute Gasteiger partial charge is 0.496 e. The van der Waals surface area contributed by atoms with E-state index in [0.29, 0.717) is 0 Å². The van der Waals surface area contributed by atoms with Gasteiger partial charge in [0, 0.05) is 26.2 Å². The minimum Gasteiger partial charge on any atom is -0.496 e. The fourth-order valence-electron chi connectivity index (χ4n) is 2.19. The molecule has 1 fully saturated rings. The van der Waals surface area contributed by atoms with Gasteiger partial charge < -0.3 is 9.64 Å². The van der Waals surface area contributed by atoms with Crippen molar-refractivity contribution in [2.45, 2.75) is 0 Å². The SMILES string of the molecule is COc1cccc(F)c1C(=O)N1CCN(S(N)(=O)=O)CC1. The van der Waals surface area contributed by atoms with Crippen molar-refractivity contribution in [2.24, 2.45) is 5.14 Å². The molecule has 2 rings (SSSR count). The molecule has 1 amide bonds. The number of methoxy groups -OCH3 is 1. The van der Waals surface area contributed by atoms with Gasteiger partial charge in [0.1, 0.15) is 17.1 Å². The van der Waals surface area contributed by atoms with Gasteiger partial charge in [-0.25, -0.2) is 9.53 Å². The smallest absolute Gasteiger partial charge is 0.277 e. The molecule has 0 aliphatic carbocycles. The summed E-state index contributed by atoms with van der Waals surface area (Å²) in [5.74, 6) is -1.05. The number of carbonyl (C=O) groups excluding carboxylic acids is 1. The molecule has 1 aliphatic rings. The summed E-state index contributed by atoms with van der Waals surface area (Å²) in [7, 11) is -2.41. The molecule has 9 heteroatoms. The van der Waals surface area contributed by atoms with Crippen molar-refractivity contribution in [1.82, 2.24) is 9.21 Å². The zero-order chi connectivity index (χ0) is 15.6. The summed E-state index contributed by atoms with van der Waals surface area (Å²) in [4.78, 5) is 13.7. The van der Waals surface area contributed by atoms with Crippen LogP contribution in [0.3, 0.4) is 0 Å². The summed E-state index contributed by atoms with van der Waals surface area (Å²) in [5.41, 5.74) is -0.149. The van der Waals surface area contributed by atoms with Gasteiger partial charge in [-0.1, -0.05) is 6.07 Å². The van der Waals surface area contributed by atoms with Crippen LogP contribution in [0.25, 0.3) is 0 Å². The zero-order valence-electron chi connectivity index (χ0n) is 11.5. The van der Waals surface area contributed by atoms with Gasteiger partial charge in [-0.3, -0.25) is 4.79 Å². The predicted octanol–water partition coefficient (Wildman–Crippen LogP) is -0.204. The van der Waals surface area contributed by atoms with Crippen molar-refractivity contribution in [1.29, 1.82) is 0 Å². The molecule has 1 aliphatic heterocycles. The number of nitrogens with zero attached hydrogens (tertiary/aromatic N) is 2. The first kappa shape index (κ1) is 15.7. The van der Waals surface area contributed by atoms with Crippen molar-refractivity contribution in [3.63, 3.8) is 0 Å². The molecule has 0 saturated carbocycles. The van der Waals surface area contributed by atoms with Crippen LogP contribution in [-0.4, -0.2) is 56.8 Å². The van der Waals surface area contributed by atoms with Crippen molar-refractivity contribution >= 4 is 16.1 Å². The lowest BCUT2D eigenvalue weighted by Gasteiger charge is -2.33. The Balaban J connectivity index is 2.16. The number of amides is 1. The number of ether oxygens (including phenoxy) is 1. The molecule has 116 valence electrons. The van der Waals surface area contributed by atoms with Crippen LogP contribution in [0.4, 0.5) is 4.39 Å². The lowest BCUT2D eigenvalue weighted by molar-refractivity contribution is 0.0689. The number of rotatable bonds is 3. The summed E-state index contributed by atoms with van der Waals surface area (Å²) in [6, 6.07) is 4.12. The first-order valence-corrected chi connectivity index (χ1v) is 7.74. The number of nitrogens with two attached hydrogens (primary N) is 1. The maximum Gasteiger partial charge on any atom is 0.277 e. The van der Waals surface area contributed by atoms with E-state index in [1.807, 2.05) is 0 Å². The Labute approximate surface area is 122 Å². The number of hydrogen-bond acceptors (Lipinski definition) is 4. The molecule has 0 aromatic heterocycles. The van der Waals surface area contributed by atoms with Gasteiger partial charge in [-0.15, -0.1) is 0 Å². The number of benzene rings is 1. The van der Waals surface area contributed by atoms with Crippen LogP contribution in [-0.2, 0) is 10.2 Å². The maximum atomic E-state index is 13.9. The van der Waals surface area contributed by atoms with Gasteiger partial charge in [0.05, 0.1) is 7.11 Å². The molecule has 1 aromatic rings. The fraction of sp³-hybridized carbons (Fsp3) is 0.417. The Hall–Kier alpha value is -1.71. The van der Waals surface area contributed by atoms with Crippen molar-refractivity contribution in [2.75, 3.05) is 33.3 Å². The van der Waals surface area contributed by atoms with Gasteiger partial charge in [-0.2, -0.15) is 12.7 Å². The Morgan fingerprint density at radius 2 is 1.90 bits per heavy atom. The highest BCUT2D eigenvalue weighted by molar-refractivity contribution is 7.86. The van der Waals surface area contributed by atoms with Crippen LogP contribution in [0.2, 0.25) is 0 Å². The Morgan fingerprint density at radius 1 is 1.29 bits per heavy atom. The third-order valence-electron chi connectivity index (χ3n) is 3.29. The molecule has 0 radical (unpaired) electrons. The number of hydrogen-bond donors (Lipinski definition) is 1. The van der Waals surface area contributed by atoms with E-state index in [-0.39, 0.29) is 37.5 Å². The maximum absolute atomic E-state index is 13.9. The average molecular weight is 317 g/mol. The lowest BCUT2D eigenvalue weighted by Crippen LogP contribution is -2.52. The van der Waals surface area contributed by atoms with E-state index < -0.39 is 21.9 Å². The fourth-order valence-corrected chi connectivity index (χ4v) is 2.86. The molecule has 0 atom stereocenters. The van der Waals surface area contributed by atoms with Crippen LogP contribution < -0.4 is 9.88 Å². The normalized spacial score (nSPS) is 16.8. The number of piperazine rings is 1. The Kier molecular flexibility index (Phi) is 4.45. The molecule has 1 heterocycles. The second kappa shape index (κ2) is 5.96. The molecule has 7 nitrogen and oxygen atoms in total. The minimum atomic E-state index is -3.76. The summed E-state index contributed by atoms with van der Waals surface area (Å²) in [6.07, 6.45) is 0. The van der Waals surface area contributed by atoms with Crippen molar-refractivity contribution in [3.8, 4) is 5.75 Å². The quantitative estimate of drug-likeness (QED) is 0.835. The third-order valence-corrected chi connectivity index (χ3v) is 4.38. The predicted molar refractivity (Wildman–Crippen MR) is 73.5 cm³/mol. The second-order valence-electron chi connectivity index (χ2n) is 4.55. The molecule has 1 aromatic carbocycles. The van der Waals surface area contributed by atoms with E-state index in [1.165, 1.54) is 30.2 Å². The molecule has 1 saturated heterocycles. The molecule has 0 spiro atoms. The van der Waals surface area contributed by atoms with E-state index in [1.54, 1.807) is 0 Å². The van der Waals surface area contributed by atoms with Crippen LogP contribution in [0.5, 0.6) is 5.75 Å². The highest BCUT2D eigenvalue weighted by Gasteiger charge is 2.29. The summed E-state index contributed by atoms with van der Waals surface area (Å²) < 4.78 is 42.3. The summed E-state index contributed by atoms with van der Waals surface area (Å²) in [5, 5.41) is 5.03. The standard InChI is InChI=1S/C12H16FN3O4S/c1-20-10-4-2-3-9(13)11(10)12(17)15-5-7-16(8-6-15)21(14,18)19/h2-4H,5-8H2,1H3,(H2,14,18,19). The lowest BCUT2D eigenvalue weighted by atomic mass is 10.1. The minimum absolute atomic E-state index is 0.0847. The molecule has 21 heavy (non-hydrogen) atoms. The topological polar surface area (TPSA) is 92.9 Å². The zero-order valence-corrected chi connectivity index (χ0v) is 12.3. The van der Waals surface area contributed by atoms with Crippen molar-refractivity contribution < 1.29 is 22.3 Å². The van der Waals surface area contributed by atoms with E-state index in [0.717, 1.165) is 4.31 Å². The molecule has 0 bridgehead atoms. The molecular formula is C12H16FN3O4S. The van der Waals surface area contributed by atoms with E-state index in [2.05, 4.69) is 0 Å². The van der Waals surface area contributed by atoms with Crippen LogP contribution in [0, 0.1) is 5.82 Å². The number of halogens is 1. The van der Waals surface area contributed by atoms with E-state index in [9.17, 15) is 17.6 Å². The molecule has 0 unspecified atom stereocenters. The molecular weight excluding hydrogens is 301 g/mol. The Bertz CT molecular complexity index is 642. The highest BCUT2D eigenvalue weighted by atomic mass is 32.2. The first-order chi connectivity index (χ1) is 9.84. The summed E-state index contributed by atoms with van der Waals surface area (Å²) in [6.45, 7) is 0.461. The van der Waals surface area contributed by atoms with Gasteiger partial charge in [0.15, 0.2) is 0 Å². The number of carbonyl (C=O) groups is 1. The van der Waals surface area contributed by atoms with Gasteiger partial charge in [0.2, 0.25) is 0 Å². The van der Waals surface area contributed by atoms with E-state index >= 15 is 0 Å². The van der Waals surface area contributed by atoms with Gasteiger partial charge >= 0.3 is 0 Å². The van der Waals surface area contributed by atoms with Crippen LogP contribution in [0.1, 0.15) is 10.4 Å². The monoisotopic (exact) mass is 317 g/mol. The van der Waals surface area contributed by atoms with Crippen LogP contribution in [0.15, 0.2) is 18.2 Å². The third kappa shape index (κ3) is 3.31. The summed E-state index contributed by atoms with van der Waals surface area (Å²) >= 11 is 0. The molecule has 2 N–H and O–H groups in total. The van der Waals surface area contributed by atoms with Crippen LogP contribution >= 0.6 is 0 Å². The first-order valence-electron chi connectivity index (χ1n) is 6.24. The second-order valence-corrected chi connectivity index (χ2v) is 6.10. The van der Waals surface area contributed by atoms with Gasteiger partial charge in [-0.05, 0) is 12.1 Å². The Morgan fingerprint density at radius 3 is 2.43 bits per heavy atom.